The maximum Gasteiger partial charge on any atom is 0.136 e. The summed E-state index contributed by atoms with van der Waals surface area (Å²) in [6.07, 6.45) is 0. The summed E-state index contributed by atoms with van der Waals surface area (Å²) in [5, 5.41) is -3.97. The zero-order valence-corrected chi connectivity index (χ0v) is 52.0. The van der Waals surface area contributed by atoms with E-state index in [1.165, 1.54) is 0 Å². The van der Waals surface area contributed by atoms with Crippen molar-refractivity contribution in [3.8, 4) is 66.8 Å². The van der Waals surface area contributed by atoms with Gasteiger partial charge in [0.1, 0.15) is 22.3 Å². The van der Waals surface area contributed by atoms with Crippen LogP contribution in [0.3, 0.4) is 0 Å². The largest absolute Gasteiger partial charge is 0.456 e. The van der Waals surface area contributed by atoms with E-state index >= 15 is 0 Å². The number of rotatable bonds is 6. The lowest BCUT2D eigenvalue weighted by molar-refractivity contribution is 0.669. The molecule has 0 fully saturated rings. The van der Waals surface area contributed by atoms with Crippen molar-refractivity contribution in [3.05, 3.63) is 363 Å². The van der Waals surface area contributed by atoms with Crippen LogP contribution < -0.4 is 0 Å². The third-order valence-electron chi connectivity index (χ3n) is 18.2. The third kappa shape index (κ3) is 9.27. The molecule has 2 heterocycles. The maximum atomic E-state index is 9.97. The Kier molecular flexibility index (Phi) is 6.53. The average Bonchev–Trinajstić information content (AvgIpc) is 1.57. The minimum atomic E-state index is -1.07. The topological polar surface area (TPSA) is 26.3 Å². The molecule has 0 bridgehead atoms. The van der Waals surface area contributed by atoms with Gasteiger partial charge in [-0.1, -0.05) is 296 Å². The normalized spacial score (nSPS) is 18.1. The Labute approximate surface area is 650 Å². The molecule has 472 valence electrons. The molecule has 0 aliphatic carbocycles. The fourth-order valence-corrected chi connectivity index (χ4v) is 13.7. The number of furan rings is 2. The van der Waals surface area contributed by atoms with Gasteiger partial charge in [-0.05, 0) is 241 Å². The summed E-state index contributed by atoms with van der Waals surface area (Å²) in [5.74, 6) is 0. The number of hydrogen-bond donors (Lipinski definition) is 0. The van der Waals surface area contributed by atoms with E-state index in [2.05, 4.69) is 12.1 Å². The highest BCUT2D eigenvalue weighted by molar-refractivity contribution is 6.25. The van der Waals surface area contributed by atoms with E-state index in [-0.39, 0.29) is 38.1 Å². The Morgan fingerprint density at radius 1 is 0.186 bits per heavy atom. The van der Waals surface area contributed by atoms with Crippen molar-refractivity contribution < 1.29 is 70.5 Å². The van der Waals surface area contributed by atoms with Gasteiger partial charge in [-0.2, -0.15) is 0 Å². The monoisotopic (exact) mass is 1340 g/mol. The fourth-order valence-electron chi connectivity index (χ4n) is 13.7. The smallest absolute Gasteiger partial charge is 0.136 e. The predicted octanol–water partition coefficient (Wildman–Crippen LogP) is 28.7. The van der Waals surface area contributed by atoms with E-state index in [1.807, 2.05) is 72.8 Å². The van der Waals surface area contributed by atoms with Gasteiger partial charge in [0.15, 0.2) is 0 Å². The lowest BCUT2D eigenvalue weighted by Gasteiger charge is -2.18. The van der Waals surface area contributed by atoms with Crippen LogP contribution in [0.1, 0.15) is 61.7 Å². The van der Waals surface area contributed by atoms with Crippen LogP contribution in [-0.4, -0.2) is 0 Å². The lowest BCUT2D eigenvalue weighted by atomic mass is 9.85. The predicted molar refractivity (Wildman–Crippen MR) is 435 cm³/mol. The molecule has 0 saturated heterocycles. The molecule has 22 rings (SSSR count). The fraction of sp³-hybridized carbons (Fsp3) is 0. The van der Waals surface area contributed by atoms with Gasteiger partial charge in [-0.3, -0.25) is 0 Å². The molecule has 2 nitrogen and oxygen atoms in total. The molecule has 0 spiro atoms. The Morgan fingerprint density at radius 2 is 0.578 bits per heavy atom. The lowest BCUT2D eigenvalue weighted by Crippen LogP contribution is -1.91. The minimum absolute atomic E-state index is 0.0362. The van der Waals surface area contributed by atoms with E-state index in [1.54, 1.807) is 6.07 Å². The van der Waals surface area contributed by atoms with Crippen LogP contribution in [0.15, 0.2) is 372 Å². The van der Waals surface area contributed by atoms with Crippen LogP contribution >= 0.6 is 0 Å². The van der Waals surface area contributed by atoms with Crippen molar-refractivity contribution in [2.24, 2.45) is 0 Å². The van der Waals surface area contributed by atoms with E-state index in [4.69, 9.17) is 43.1 Å². The molecule has 0 aliphatic heterocycles. The minimum Gasteiger partial charge on any atom is -0.456 e. The molecule has 0 radical (unpaired) electrons. The van der Waals surface area contributed by atoms with Gasteiger partial charge in [0.05, 0.1) is 61.7 Å². The van der Waals surface area contributed by atoms with E-state index < -0.39 is 392 Å². The highest BCUT2D eigenvalue weighted by atomic mass is 16.3. The Bertz CT molecular complexity index is 9960. The van der Waals surface area contributed by atoms with Gasteiger partial charge < -0.3 is 8.83 Å². The average molecular weight is 1340 g/mol. The molecule has 0 saturated carbocycles. The first-order valence-corrected chi connectivity index (χ1v) is 31.5. The maximum absolute atomic E-state index is 9.97. The van der Waals surface area contributed by atoms with Crippen LogP contribution in [-0.2, 0) is 0 Å². The standard InChI is InChI=1S/2C50H30O/c1-2-12-34-28-36(22-20-31(34)10-1)48-40-15-5-7-17-42(40)49(43-18-8-6-16-41(43)48)37-23-21-33-13-9-19-38(44(33)30-37)35-25-26-46-45(29-35)50-39-14-4-3-11-32(39)24-27-47(50)51-46;1-2-11-34-27-37(21-18-31(34)9-1)48-41-13-5-7-15-43(41)49(44-16-8-6-14-42(44)48)38-22-19-32-17-20-35(28-39(32)29-38)36-24-25-46-45(30-36)50-40-12-4-3-10-33(40)23-26-47(50)51-46/h2*1-30H/i1D,2D,5D,6D,7D,8D,10D,12D,15D,16D,17D,18D,20D,22D,28D;1D,2D,3D,4D,5D,6D,7D,8D,9D,10D,11D,12D,13D,14D,15D,16D,17D,18D,19D,20D,21D,22D,23D,24D,25D,26D,27D,28D,29D,30D. The summed E-state index contributed by atoms with van der Waals surface area (Å²) in [6, 6.07) is -8.68. The summed E-state index contributed by atoms with van der Waals surface area (Å²) in [5.41, 5.74) is -3.39. The highest BCUT2D eigenvalue weighted by Gasteiger charge is 2.22. The van der Waals surface area contributed by atoms with Gasteiger partial charge in [0.25, 0.3) is 0 Å². The molecule has 102 heavy (non-hydrogen) atoms. The van der Waals surface area contributed by atoms with Crippen LogP contribution in [0.5, 0.6) is 0 Å². The SMILES string of the molecule is [2H]c1c(-c2c([2H])c([2H])c3c([2H])c([2H])c(-c4c5c([2H])c([2H])c([2H])c([2H])c5c(-c5c([2H])c([2H])c6c([2H])c([2H])c([2H])c([2H])c6c5[2H])c5c([2H])c([2H])c([2H])c([2H])c45)c([2H])c3c2[2H])c([2H])c2c(oc3c([2H])c([2H])c4c([2H])c([2H])c([2H])c([2H])c4c32)c1[2H].[2H]c1c([2H])c([2H])c2c([2H])c(-c3c4c([2H])c([2H])c([2H])c([2H])c4c(-c4ccc5cccc(-c6ccc7oc8ccc9ccccc9c8c7c6)c5c4)c4c([2H])c([2H])c([2H])c([2H])c34)c([2H])c([2H])c2c1[2H]. The number of fused-ring (bicyclic) bond motifs is 18. The zero-order valence-electron chi connectivity index (χ0n) is 97.0. The second kappa shape index (κ2) is 23.1. The van der Waals surface area contributed by atoms with Gasteiger partial charge >= 0.3 is 0 Å². The Hall–Kier alpha value is -13.4. The molecular weight excluding hydrogens is 1230 g/mol. The molecule has 2 aromatic heterocycles. The molecule has 2 heteroatoms. The number of hydrogen-bond acceptors (Lipinski definition) is 2. The second-order valence-corrected chi connectivity index (χ2v) is 23.7. The molecule has 0 unspecified atom stereocenters. The first kappa shape index (κ1) is 28.8. The quantitative estimate of drug-likeness (QED) is 0.155. The zero-order chi connectivity index (χ0) is 106. The van der Waals surface area contributed by atoms with E-state index in [9.17, 15) is 27.4 Å². The van der Waals surface area contributed by atoms with Crippen LogP contribution in [0.2, 0.25) is 0 Å². The summed E-state index contributed by atoms with van der Waals surface area (Å²) in [6.45, 7) is 0. The Morgan fingerprint density at radius 3 is 1.19 bits per heavy atom. The Balaban J connectivity index is 0.000000176. The van der Waals surface area contributed by atoms with Crippen molar-refractivity contribution in [1.29, 1.82) is 0 Å². The third-order valence-corrected chi connectivity index (χ3v) is 18.2. The first-order valence-electron chi connectivity index (χ1n) is 54.0. The second-order valence-electron chi connectivity index (χ2n) is 23.7. The van der Waals surface area contributed by atoms with Gasteiger partial charge in [0, 0.05) is 21.5 Å². The molecule has 22 aromatic rings. The summed E-state index contributed by atoms with van der Waals surface area (Å²) in [7, 11) is 0. The molecule has 0 N–H and O–H groups in total. The molecule has 0 amide bonds. The summed E-state index contributed by atoms with van der Waals surface area (Å²) < 4.78 is 420. The van der Waals surface area contributed by atoms with Crippen molar-refractivity contribution >= 4 is 152 Å². The summed E-state index contributed by atoms with van der Waals surface area (Å²) in [4.78, 5) is 0. The van der Waals surface area contributed by atoms with Crippen molar-refractivity contribution in [3.63, 3.8) is 0 Å². The van der Waals surface area contributed by atoms with Gasteiger partial charge in [0.2, 0.25) is 0 Å². The van der Waals surface area contributed by atoms with E-state index in [0.717, 1.165) is 43.6 Å². The van der Waals surface area contributed by atoms with Gasteiger partial charge in [-0.15, -0.1) is 0 Å². The summed E-state index contributed by atoms with van der Waals surface area (Å²) >= 11 is 0. The molecular formula is C100H60O2. The van der Waals surface area contributed by atoms with E-state index in [0.29, 0.717) is 16.5 Å². The van der Waals surface area contributed by atoms with Crippen LogP contribution in [0.4, 0.5) is 0 Å². The first-order chi connectivity index (χ1) is 69.3. The van der Waals surface area contributed by atoms with Crippen molar-refractivity contribution in [2.75, 3.05) is 0 Å². The number of benzene rings is 20. The molecule has 0 atom stereocenters. The molecule has 20 aromatic carbocycles. The van der Waals surface area contributed by atoms with Gasteiger partial charge in [-0.25, -0.2) is 0 Å². The van der Waals surface area contributed by atoms with Crippen LogP contribution in [0, 0.1) is 0 Å². The van der Waals surface area contributed by atoms with Crippen LogP contribution in [0.25, 0.3) is 218 Å². The highest BCUT2D eigenvalue weighted by Crippen LogP contribution is 2.49. The van der Waals surface area contributed by atoms with Crippen molar-refractivity contribution in [2.45, 2.75) is 0 Å². The van der Waals surface area contributed by atoms with Crippen molar-refractivity contribution in [1.82, 2.24) is 0 Å². The molecule has 0 aliphatic rings.